The molecule has 2 aliphatic heterocycles. The molecule has 0 atom stereocenters. The summed E-state index contributed by atoms with van der Waals surface area (Å²) in [6.07, 6.45) is 4.66. The summed E-state index contributed by atoms with van der Waals surface area (Å²) in [4.78, 5) is 40.2. The summed E-state index contributed by atoms with van der Waals surface area (Å²) in [6, 6.07) is 22.6. The highest BCUT2D eigenvalue weighted by atomic mass is 16.4. The summed E-state index contributed by atoms with van der Waals surface area (Å²) in [5.74, 6) is -0.937. The van der Waals surface area contributed by atoms with Crippen molar-refractivity contribution in [2.45, 2.75) is 63.5 Å². The molecule has 3 aliphatic rings. The number of hydrogen-bond acceptors (Lipinski definition) is 6. The first-order chi connectivity index (χ1) is 21.9. The van der Waals surface area contributed by atoms with Gasteiger partial charge in [-0.1, -0.05) is 74.0 Å². The van der Waals surface area contributed by atoms with Crippen LogP contribution in [-0.4, -0.2) is 47.0 Å². The van der Waals surface area contributed by atoms with Gasteiger partial charge in [0.15, 0.2) is 0 Å². The number of H-pyrrole nitrogens is 1. The number of aromatic amines is 1. The van der Waals surface area contributed by atoms with E-state index in [1.807, 2.05) is 48.5 Å². The lowest BCUT2D eigenvalue weighted by Crippen LogP contribution is -2.58. The van der Waals surface area contributed by atoms with Crippen LogP contribution in [0.5, 0.6) is 0 Å². The van der Waals surface area contributed by atoms with E-state index in [4.69, 9.17) is 0 Å². The van der Waals surface area contributed by atoms with E-state index in [1.54, 1.807) is 22.9 Å². The molecule has 11 nitrogen and oxygen atoms in total. The number of nitrogens with zero attached hydrogens (tertiary/aromatic N) is 5. The normalized spacial score (nSPS) is 18.5. The molecule has 0 unspecified atom stereocenters. The fourth-order valence-corrected chi connectivity index (χ4v) is 7.16. The SMILES string of the molecule is CCCc1c(Cc2ccc(-c3ccccc3-c3nn[nH]n3)cc2)c(=O)n2n1C1CCC2(C(=O)Nc2ccccc2C(=O)O)CC1. The molecule has 2 bridgehead atoms. The molecule has 1 saturated carbocycles. The van der Waals surface area contributed by atoms with E-state index in [0.29, 0.717) is 30.7 Å². The number of aromatic nitrogens is 6. The van der Waals surface area contributed by atoms with Crippen molar-refractivity contribution in [3.8, 4) is 22.5 Å². The van der Waals surface area contributed by atoms with Crippen molar-refractivity contribution >= 4 is 17.6 Å². The van der Waals surface area contributed by atoms with Crippen molar-refractivity contribution < 1.29 is 14.7 Å². The number of benzene rings is 3. The highest BCUT2D eigenvalue weighted by Crippen LogP contribution is 2.47. The number of fused-ring (bicyclic) bond motifs is 2. The molecule has 45 heavy (non-hydrogen) atoms. The van der Waals surface area contributed by atoms with Gasteiger partial charge in [0, 0.05) is 23.2 Å². The highest BCUT2D eigenvalue weighted by Gasteiger charge is 2.52. The first kappa shape index (κ1) is 28.5. The maximum absolute atomic E-state index is 14.4. The Labute approximate surface area is 258 Å². The van der Waals surface area contributed by atoms with Crippen LogP contribution in [0.25, 0.3) is 22.5 Å². The lowest BCUT2D eigenvalue weighted by Gasteiger charge is -2.48. The van der Waals surface area contributed by atoms with Crippen LogP contribution >= 0.6 is 0 Å². The number of amides is 1. The Morgan fingerprint density at radius 1 is 1.00 bits per heavy atom. The summed E-state index contributed by atoms with van der Waals surface area (Å²) < 4.78 is 3.81. The van der Waals surface area contributed by atoms with E-state index in [2.05, 4.69) is 37.5 Å². The van der Waals surface area contributed by atoms with Crippen molar-refractivity contribution in [2.24, 2.45) is 0 Å². The second-order valence-corrected chi connectivity index (χ2v) is 11.9. The van der Waals surface area contributed by atoms with E-state index in [1.165, 1.54) is 6.07 Å². The minimum atomic E-state index is -1.12. The molecule has 3 N–H and O–H groups in total. The largest absolute Gasteiger partial charge is 0.478 e. The van der Waals surface area contributed by atoms with Gasteiger partial charge in [0.25, 0.3) is 11.5 Å². The Bertz CT molecular complexity index is 1950. The Hall–Kier alpha value is -5.32. The standard InChI is InChI=1S/C34H33N7O4/c1-2-7-29-27(20-21-12-14-22(15-13-21)24-8-3-4-9-25(24)30-36-38-39-37-30)31(42)41-34(18-16-23(17-19-34)40(29)41)33(45)35-28-11-6-5-10-26(28)32(43)44/h3-6,8-15,23H,2,7,16-20H2,1H3,(H,35,45)(H,43,44)(H,36,37,38,39). The number of anilines is 1. The van der Waals surface area contributed by atoms with Gasteiger partial charge in [-0.3, -0.25) is 14.3 Å². The maximum atomic E-state index is 14.4. The topological polar surface area (TPSA) is 148 Å². The monoisotopic (exact) mass is 603 g/mol. The lowest BCUT2D eigenvalue weighted by atomic mass is 9.76. The third kappa shape index (κ3) is 4.75. The maximum Gasteiger partial charge on any atom is 0.337 e. The molecular weight excluding hydrogens is 570 g/mol. The molecule has 2 aromatic heterocycles. The Morgan fingerprint density at radius 2 is 1.71 bits per heavy atom. The number of carboxylic acids is 1. The number of tetrazole rings is 1. The minimum absolute atomic E-state index is 0.0187. The van der Waals surface area contributed by atoms with E-state index < -0.39 is 11.5 Å². The van der Waals surface area contributed by atoms with Crippen molar-refractivity contribution in [1.29, 1.82) is 0 Å². The third-order valence-electron chi connectivity index (χ3n) is 9.30. The number of nitrogens with one attached hydrogen (secondary N) is 2. The van der Waals surface area contributed by atoms with Crippen LogP contribution in [-0.2, 0) is 23.2 Å². The van der Waals surface area contributed by atoms with Crippen LogP contribution in [0.3, 0.4) is 0 Å². The van der Waals surface area contributed by atoms with Crippen LogP contribution < -0.4 is 10.9 Å². The second kappa shape index (κ2) is 11.3. The summed E-state index contributed by atoms with van der Waals surface area (Å²) in [5, 5.41) is 27.1. The number of rotatable bonds is 9. The third-order valence-corrected chi connectivity index (χ3v) is 9.30. The van der Waals surface area contributed by atoms with Crippen molar-refractivity contribution in [2.75, 3.05) is 5.32 Å². The first-order valence-corrected chi connectivity index (χ1v) is 15.3. The number of carboxylic acid groups (broad SMARTS) is 1. The number of carbonyl (C=O) groups excluding carboxylic acids is 1. The predicted molar refractivity (Wildman–Crippen MR) is 168 cm³/mol. The van der Waals surface area contributed by atoms with Gasteiger partial charge in [0.2, 0.25) is 5.82 Å². The zero-order chi connectivity index (χ0) is 31.1. The molecule has 1 amide bonds. The molecule has 1 aliphatic carbocycles. The number of hydrogen-bond donors (Lipinski definition) is 3. The van der Waals surface area contributed by atoms with Gasteiger partial charge in [-0.15, -0.1) is 10.2 Å². The number of aromatic carboxylic acids is 1. The molecule has 0 saturated heterocycles. The van der Waals surface area contributed by atoms with Crippen LogP contribution in [0.2, 0.25) is 0 Å². The predicted octanol–water partition coefficient (Wildman–Crippen LogP) is 5.20. The molecular formula is C34H33N7O4. The van der Waals surface area contributed by atoms with Gasteiger partial charge in [0.1, 0.15) is 5.54 Å². The van der Waals surface area contributed by atoms with Gasteiger partial charge >= 0.3 is 5.97 Å². The molecule has 0 spiro atoms. The fraction of sp³-hybridized carbons (Fsp3) is 0.294. The van der Waals surface area contributed by atoms with Crippen LogP contribution in [0.15, 0.2) is 77.6 Å². The average molecular weight is 604 g/mol. The van der Waals surface area contributed by atoms with Gasteiger partial charge in [-0.2, -0.15) is 5.21 Å². The zero-order valence-corrected chi connectivity index (χ0v) is 24.9. The smallest absolute Gasteiger partial charge is 0.337 e. The van der Waals surface area contributed by atoms with Gasteiger partial charge in [0.05, 0.1) is 17.3 Å². The lowest BCUT2D eigenvalue weighted by molar-refractivity contribution is -0.131. The van der Waals surface area contributed by atoms with Crippen molar-refractivity contribution in [1.82, 2.24) is 30.0 Å². The zero-order valence-electron chi connectivity index (χ0n) is 24.9. The van der Waals surface area contributed by atoms with Gasteiger partial charge in [-0.25, -0.2) is 9.48 Å². The first-order valence-electron chi connectivity index (χ1n) is 15.3. The number of carbonyl (C=O) groups is 2. The van der Waals surface area contributed by atoms with E-state index in [9.17, 15) is 19.5 Å². The van der Waals surface area contributed by atoms with Crippen molar-refractivity contribution in [3.63, 3.8) is 0 Å². The van der Waals surface area contributed by atoms with Crippen LogP contribution in [0.4, 0.5) is 5.69 Å². The van der Waals surface area contributed by atoms with Gasteiger partial charge < -0.3 is 10.4 Å². The van der Waals surface area contributed by atoms with Crippen molar-refractivity contribution in [3.05, 3.63) is 106 Å². The van der Waals surface area contributed by atoms with E-state index in [-0.39, 0.29) is 28.8 Å². The second-order valence-electron chi connectivity index (χ2n) is 11.9. The van der Waals surface area contributed by atoms with Gasteiger partial charge in [-0.05, 0) is 66.1 Å². The quantitative estimate of drug-likeness (QED) is 0.210. The van der Waals surface area contributed by atoms with Crippen LogP contribution in [0.1, 0.15) is 72.2 Å². The van der Waals surface area contributed by atoms with E-state index >= 15 is 0 Å². The van der Waals surface area contributed by atoms with E-state index in [0.717, 1.165) is 53.6 Å². The molecule has 1 fully saturated rings. The molecule has 4 heterocycles. The molecule has 5 aromatic rings. The Morgan fingerprint density at radius 3 is 2.40 bits per heavy atom. The highest BCUT2D eigenvalue weighted by molar-refractivity contribution is 6.03. The summed E-state index contributed by atoms with van der Waals surface area (Å²) >= 11 is 0. The van der Waals surface area contributed by atoms with Crippen LogP contribution in [0, 0.1) is 0 Å². The fourth-order valence-electron chi connectivity index (χ4n) is 7.16. The summed E-state index contributed by atoms with van der Waals surface area (Å²) in [7, 11) is 0. The molecule has 3 aromatic carbocycles. The molecule has 0 radical (unpaired) electrons. The summed E-state index contributed by atoms with van der Waals surface area (Å²) in [5.41, 5.74) is 4.57. The Kier molecular flexibility index (Phi) is 7.15. The average Bonchev–Trinajstić information content (AvgIpc) is 3.71. The number of para-hydroxylation sites is 1. The molecule has 228 valence electrons. The summed E-state index contributed by atoms with van der Waals surface area (Å²) in [6.45, 7) is 2.10. The minimum Gasteiger partial charge on any atom is -0.478 e. The Balaban J connectivity index is 1.24. The molecule has 11 heteroatoms. The molecule has 8 rings (SSSR count).